The topological polar surface area (TPSA) is 50.4 Å². The van der Waals surface area contributed by atoms with Crippen LogP contribution in [0.3, 0.4) is 0 Å². The van der Waals surface area contributed by atoms with Crippen molar-refractivity contribution < 1.29 is 9.53 Å². The Labute approximate surface area is 197 Å². The summed E-state index contributed by atoms with van der Waals surface area (Å²) in [5.74, 6) is 0.771. The fourth-order valence-corrected chi connectivity index (χ4v) is 3.69. The molecule has 0 aromatic heterocycles. The third-order valence-corrected chi connectivity index (χ3v) is 5.62. The van der Waals surface area contributed by atoms with Gasteiger partial charge in [0.15, 0.2) is 0 Å². The molecule has 0 fully saturated rings. The first kappa shape index (κ1) is 28.2. The van der Waals surface area contributed by atoms with E-state index in [9.17, 15) is 4.79 Å². The number of anilines is 1. The fourth-order valence-electron chi connectivity index (χ4n) is 3.69. The third-order valence-electron chi connectivity index (χ3n) is 5.62. The van der Waals surface area contributed by atoms with Gasteiger partial charge in [-0.15, -0.1) is 0 Å². The van der Waals surface area contributed by atoms with Gasteiger partial charge in [-0.3, -0.25) is 4.79 Å². The lowest BCUT2D eigenvalue weighted by molar-refractivity contribution is -0.115. The van der Waals surface area contributed by atoms with Crippen molar-refractivity contribution in [2.24, 2.45) is 0 Å². The van der Waals surface area contributed by atoms with E-state index >= 15 is 0 Å². The zero-order valence-corrected chi connectivity index (χ0v) is 20.9. The van der Waals surface area contributed by atoms with Gasteiger partial charge in [-0.25, -0.2) is 0 Å². The van der Waals surface area contributed by atoms with Crippen LogP contribution in [0.2, 0.25) is 0 Å². The lowest BCUT2D eigenvalue weighted by Gasteiger charge is -2.09. The molecule has 0 saturated carbocycles. The monoisotopic (exact) mass is 444 g/mol. The molecule has 1 rings (SSSR count). The standard InChI is InChI=1S/C28H48N2O2/c1-4-5-6-7-8-9-10-11-12-13-14-15-16-17-22-29-23-28(31)30-26-18-20-27(21-19-26)32-24-25(2)3/h18-21,29H,2,4-17,22-24H2,1,3H3,(H,30,31). The van der Waals surface area contributed by atoms with Crippen molar-refractivity contribution in [3.05, 3.63) is 36.4 Å². The molecule has 0 bridgehead atoms. The van der Waals surface area contributed by atoms with E-state index in [4.69, 9.17) is 4.74 Å². The number of nitrogens with one attached hydrogen (secondary N) is 2. The van der Waals surface area contributed by atoms with Crippen molar-refractivity contribution >= 4 is 11.6 Å². The Bertz CT molecular complexity index is 598. The van der Waals surface area contributed by atoms with Crippen LogP contribution < -0.4 is 15.4 Å². The molecule has 32 heavy (non-hydrogen) atoms. The van der Waals surface area contributed by atoms with Crippen molar-refractivity contribution in [3.8, 4) is 5.75 Å². The second kappa shape index (κ2) is 19.8. The maximum absolute atomic E-state index is 12.0. The molecule has 2 N–H and O–H groups in total. The van der Waals surface area contributed by atoms with Crippen molar-refractivity contribution in [2.75, 3.05) is 25.0 Å². The van der Waals surface area contributed by atoms with Gasteiger partial charge >= 0.3 is 0 Å². The molecule has 182 valence electrons. The number of carbonyl (C=O) groups is 1. The van der Waals surface area contributed by atoms with Crippen molar-refractivity contribution in [1.82, 2.24) is 5.32 Å². The molecule has 0 radical (unpaired) electrons. The minimum Gasteiger partial charge on any atom is -0.489 e. The summed E-state index contributed by atoms with van der Waals surface area (Å²) in [5.41, 5.74) is 1.77. The summed E-state index contributed by atoms with van der Waals surface area (Å²) < 4.78 is 5.57. The van der Waals surface area contributed by atoms with Gasteiger partial charge in [-0.05, 0) is 49.7 Å². The van der Waals surface area contributed by atoms with Crippen molar-refractivity contribution in [1.29, 1.82) is 0 Å². The molecule has 0 aliphatic rings. The predicted octanol–water partition coefficient (Wildman–Crippen LogP) is 7.65. The van der Waals surface area contributed by atoms with Crippen molar-refractivity contribution in [2.45, 2.75) is 104 Å². The Kier molecular flexibility index (Phi) is 17.5. The van der Waals surface area contributed by atoms with Crippen LogP contribution in [0.5, 0.6) is 5.75 Å². The Morgan fingerprint density at radius 1 is 0.812 bits per heavy atom. The Balaban J connectivity index is 1.88. The van der Waals surface area contributed by atoms with E-state index < -0.39 is 0 Å². The highest BCUT2D eigenvalue weighted by Gasteiger charge is 2.02. The second-order valence-corrected chi connectivity index (χ2v) is 9.09. The molecule has 4 heteroatoms. The highest BCUT2D eigenvalue weighted by molar-refractivity contribution is 5.92. The number of carbonyl (C=O) groups excluding carboxylic acids is 1. The van der Waals surface area contributed by atoms with Crippen LogP contribution in [0, 0.1) is 0 Å². The summed E-state index contributed by atoms with van der Waals surface area (Å²) in [7, 11) is 0. The van der Waals surface area contributed by atoms with Gasteiger partial charge in [0.2, 0.25) is 5.91 Å². The molecular weight excluding hydrogens is 396 g/mol. The van der Waals surface area contributed by atoms with Gasteiger partial charge in [0.25, 0.3) is 0 Å². The van der Waals surface area contributed by atoms with Gasteiger partial charge in [0.05, 0.1) is 6.54 Å². The minimum atomic E-state index is -0.00836. The summed E-state index contributed by atoms with van der Waals surface area (Å²) in [6.45, 7) is 9.79. The van der Waals surface area contributed by atoms with Crippen LogP contribution in [-0.4, -0.2) is 25.6 Å². The van der Waals surface area contributed by atoms with Crippen LogP contribution in [0.25, 0.3) is 0 Å². The SMILES string of the molecule is C=C(C)COc1ccc(NC(=O)CNCCCCCCCCCCCCCCCC)cc1. The average molecular weight is 445 g/mol. The highest BCUT2D eigenvalue weighted by Crippen LogP contribution is 2.16. The maximum Gasteiger partial charge on any atom is 0.238 e. The van der Waals surface area contributed by atoms with Crippen LogP contribution in [0.4, 0.5) is 5.69 Å². The fraction of sp³-hybridized carbons (Fsp3) is 0.679. The van der Waals surface area contributed by atoms with Crippen LogP contribution in [0.1, 0.15) is 104 Å². The normalized spacial score (nSPS) is 10.8. The highest BCUT2D eigenvalue weighted by atomic mass is 16.5. The quantitative estimate of drug-likeness (QED) is 0.151. The second-order valence-electron chi connectivity index (χ2n) is 9.09. The van der Waals surface area contributed by atoms with Crippen molar-refractivity contribution in [3.63, 3.8) is 0 Å². The molecule has 0 saturated heterocycles. The first-order valence-electron chi connectivity index (χ1n) is 13.0. The molecule has 1 aromatic carbocycles. The Morgan fingerprint density at radius 2 is 1.31 bits per heavy atom. The number of amides is 1. The molecule has 0 heterocycles. The van der Waals surface area contributed by atoms with E-state index in [-0.39, 0.29) is 5.91 Å². The zero-order valence-electron chi connectivity index (χ0n) is 20.9. The van der Waals surface area contributed by atoms with Gasteiger partial charge in [0.1, 0.15) is 12.4 Å². The largest absolute Gasteiger partial charge is 0.489 e. The average Bonchev–Trinajstić information content (AvgIpc) is 2.78. The molecule has 4 nitrogen and oxygen atoms in total. The molecule has 0 atom stereocenters. The van der Waals surface area contributed by atoms with E-state index in [1.165, 1.54) is 83.5 Å². The van der Waals surface area contributed by atoms with Crippen LogP contribution in [0.15, 0.2) is 36.4 Å². The number of ether oxygens (including phenoxy) is 1. The first-order valence-corrected chi connectivity index (χ1v) is 13.0. The molecule has 0 spiro atoms. The van der Waals surface area contributed by atoms with Gasteiger partial charge in [0, 0.05) is 5.69 Å². The van der Waals surface area contributed by atoms with Gasteiger partial charge in [-0.1, -0.05) is 97.0 Å². The number of rotatable bonds is 21. The number of unbranched alkanes of at least 4 members (excludes halogenated alkanes) is 13. The molecule has 1 aromatic rings. The van der Waals surface area contributed by atoms with E-state index in [1.807, 2.05) is 31.2 Å². The van der Waals surface area contributed by atoms with Gasteiger partial charge in [-0.2, -0.15) is 0 Å². The lowest BCUT2D eigenvalue weighted by atomic mass is 10.0. The summed E-state index contributed by atoms with van der Waals surface area (Å²) in [5, 5.41) is 6.16. The Hall–Kier alpha value is -1.81. The molecule has 0 unspecified atom stereocenters. The maximum atomic E-state index is 12.0. The smallest absolute Gasteiger partial charge is 0.238 e. The number of hydrogen-bond donors (Lipinski definition) is 2. The predicted molar refractivity (Wildman–Crippen MR) is 139 cm³/mol. The number of hydrogen-bond acceptors (Lipinski definition) is 3. The molecule has 1 amide bonds. The first-order chi connectivity index (χ1) is 15.6. The summed E-state index contributed by atoms with van der Waals surface area (Å²) >= 11 is 0. The summed E-state index contributed by atoms with van der Waals surface area (Å²) in [4.78, 5) is 12.0. The Morgan fingerprint density at radius 3 is 1.81 bits per heavy atom. The molecule has 0 aliphatic carbocycles. The summed E-state index contributed by atoms with van der Waals surface area (Å²) in [6.07, 6.45) is 19.1. The van der Waals surface area contributed by atoms with E-state index in [0.717, 1.165) is 30.0 Å². The summed E-state index contributed by atoms with van der Waals surface area (Å²) in [6, 6.07) is 7.44. The van der Waals surface area contributed by atoms with Crippen LogP contribution in [-0.2, 0) is 4.79 Å². The third kappa shape index (κ3) is 16.8. The van der Waals surface area contributed by atoms with Crippen LogP contribution >= 0.6 is 0 Å². The lowest BCUT2D eigenvalue weighted by Crippen LogP contribution is -2.28. The number of benzene rings is 1. The molecule has 0 aliphatic heterocycles. The van der Waals surface area contributed by atoms with Gasteiger partial charge < -0.3 is 15.4 Å². The minimum absolute atomic E-state index is 0.00836. The van der Waals surface area contributed by atoms with E-state index in [0.29, 0.717) is 13.2 Å². The molecular formula is C28H48N2O2. The zero-order chi connectivity index (χ0) is 23.3. The van der Waals surface area contributed by atoms with E-state index in [2.05, 4.69) is 24.1 Å². The van der Waals surface area contributed by atoms with E-state index in [1.54, 1.807) is 0 Å².